The van der Waals surface area contributed by atoms with Crippen molar-refractivity contribution in [3.05, 3.63) is 29.0 Å². The lowest BCUT2D eigenvalue weighted by atomic mass is 10.2. The van der Waals surface area contributed by atoms with Crippen LogP contribution in [-0.4, -0.2) is 42.1 Å². The fourth-order valence-corrected chi connectivity index (χ4v) is 2.06. The molecule has 4 nitrogen and oxygen atoms in total. The first-order valence-electron chi connectivity index (χ1n) is 5.46. The number of halogens is 1. The third kappa shape index (κ3) is 2.92. The molecular formula is C12H15BrN4. The number of hydrogen-bond acceptors (Lipinski definition) is 4. The van der Waals surface area contributed by atoms with Crippen LogP contribution in [0.3, 0.4) is 0 Å². The fraction of sp³-hybridized carbons (Fsp3) is 0.333. The Balaban J connectivity index is 2.25. The van der Waals surface area contributed by atoms with Gasteiger partial charge in [-0.05, 0) is 42.2 Å². The standard InChI is InChI=1S/C12H15BrN4/c1-17(2)7-6-14-12-9-4-3-5-10(13)11(9)15-8-16-12/h3-5,8H,6-7H2,1-2H3,(H,14,15,16). The van der Waals surface area contributed by atoms with Crippen LogP contribution in [0.4, 0.5) is 5.82 Å². The molecule has 0 unspecified atom stereocenters. The Morgan fingerprint density at radius 1 is 1.29 bits per heavy atom. The Kier molecular flexibility index (Phi) is 3.91. The highest BCUT2D eigenvalue weighted by Gasteiger charge is 2.05. The van der Waals surface area contributed by atoms with Gasteiger partial charge in [0.05, 0.1) is 5.52 Å². The van der Waals surface area contributed by atoms with E-state index >= 15 is 0 Å². The molecule has 0 saturated carbocycles. The quantitative estimate of drug-likeness (QED) is 0.940. The second-order valence-corrected chi connectivity index (χ2v) is 4.94. The Morgan fingerprint density at radius 2 is 2.12 bits per heavy atom. The molecule has 0 amide bonds. The van der Waals surface area contributed by atoms with Crippen molar-refractivity contribution in [3.8, 4) is 0 Å². The average Bonchev–Trinajstić information content (AvgIpc) is 2.30. The van der Waals surface area contributed by atoms with Gasteiger partial charge in [-0.1, -0.05) is 6.07 Å². The molecule has 0 radical (unpaired) electrons. The molecule has 1 N–H and O–H groups in total. The Labute approximate surface area is 109 Å². The van der Waals surface area contributed by atoms with Crippen LogP contribution in [0.2, 0.25) is 0 Å². The topological polar surface area (TPSA) is 41.0 Å². The van der Waals surface area contributed by atoms with Crippen molar-refractivity contribution in [1.29, 1.82) is 0 Å². The summed E-state index contributed by atoms with van der Waals surface area (Å²) in [6.45, 7) is 1.84. The minimum atomic E-state index is 0.867. The summed E-state index contributed by atoms with van der Waals surface area (Å²) in [7, 11) is 4.10. The number of fused-ring (bicyclic) bond motifs is 1. The molecule has 90 valence electrons. The normalized spacial score (nSPS) is 11.1. The minimum absolute atomic E-state index is 0.867. The summed E-state index contributed by atoms with van der Waals surface area (Å²) in [5.41, 5.74) is 0.940. The van der Waals surface area contributed by atoms with Crippen molar-refractivity contribution < 1.29 is 0 Å². The molecule has 0 aliphatic rings. The zero-order valence-electron chi connectivity index (χ0n) is 9.94. The van der Waals surface area contributed by atoms with Crippen molar-refractivity contribution >= 4 is 32.7 Å². The van der Waals surface area contributed by atoms with E-state index in [1.54, 1.807) is 6.33 Å². The van der Waals surface area contributed by atoms with E-state index in [2.05, 4.69) is 50.2 Å². The fourth-order valence-electron chi connectivity index (χ4n) is 1.59. The first-order chi connectivity index (χ1) is 8.18. The summed E-state index contributed by atoms with van der Waals surface area (Å²) in [5, 5.41) is 4.37. The summed E-state index contributed by atoms with van der Waals surface area (Å²) >= 11 is 3.50. The summed E-state index contributed by atoms with van der Waals surface area (Å²) in [5.74, 6) is 0.887. The highest BCUT2D eigenvalue weighted by atomic mass is 79.9. The number of aromatic nitrogens is 2. The van der Waals surface area contributed by atoms with Crippen LogP contribution < -0.4 is 5.32 Å². The largest absolute Gasteiger partial charge is 0.368 e. The van der Waals surface area contributed by atoms with Gasteiger partial charge in [-0.2, -0.15) is 0 Å². The smallest absolute Gasteiger partial charge is 0.137 e. The monoisotopic (exact) mass is 294 g/mol. The van der Waals surface area contributed by atoms with E-state index in [1.165, 1.54) is 0 Å². The molecule has 0 atom stereocenters. The molecule has 2 aromatic rings. The lowest BCUT2D eigenvalue weighted by Crippen LogP contribution is -2.21. The van der Waals surface area contributed by atoms with Gasteiger partial charge in [0.1, 0.15) is 12.1 Å². The van der Waals surface area contributed by atoms with Gasteiger partial charge >= 0.3 is 0 Å². The van der Waals surface area contributed by atoms with Crippen molar-refractivity contribution in [3.63, 3.8) is 0 Å². The van der Waals surface area contributed by atoms with Crippen molar-refractivity contribution in [2.75, 3.05) is 32.5 Å². The van der Waals surface area contributed by atoms with Gasteiger partial charge in [0, 0.05) is 22.9 Å². The third-order valence-corrected chi connectivity index (χ3v) is 3.11. The molecule has 0 fully saturated rings. The molecule has 2 rings (SSSR count). The number of nitrogens with one attached hydrogen (secondary N) is 1. The van der Waals surface area contributed by atoms with E-state index in [0.717, 1.165) is 34.3 Å². The van der Waals surface area contributed by atoms with Crippen molar-refractivity contribution in [1.82, 2.24) is 14.9 Å². The summed E-state index contributed by atoms with van der Waals surface area (Å²) in [6.07, 6.45) is 1.59. The molecule has 0 aliphatic heterocycles. The van der Waals surface area contributed by atoms with Crippen LogP contribution in [-0.2, 0) is 0 Å². The number of benzene rings is 1. The third-order valence-electron chi connectivity index (χ3n) is 2.47. The molecule has 0 bridgehead atoms. The Morgan fingerprint density at radius 3 is 2.88 bits per heavy atom. The van der Waals surface area contributed by atoms with Gasteiger partial charge in [0.2, 0.25) is 0 Å². The second kappa shape index (κ2) is 5.42. The SMILES string of the molecule is CN(C)CCNc1ncnc2c(Br)cccc12. The van der Waals surface area contributed by atoms with Gasteiger partial charge in [0.25, 0.3) is 0 Å². The van der Waals surface area contributed by atoms with Crippen LogP contribution in [0.25, 0.3) is 10.9 Å². The molecule has 0 spiro atoms. The second-order valence-electron chi connectivity index (χ2n) is 4.09. The van der Waals surface area contributed by atoms with Gasteiger partial charge in [-0.25, -0.2) is 9.97 Å². The van der Waals surface area contributed by atoms with E-state index in [1.807, 2.05) is 18.2 Å². The number of para-hydroxylation sites is 1. The number of anilines is 1. The lowest BCUT2D eigenvalue weighted by molar-refractivity contribution is 0.425. The average molecular weight is 295 g/mol. The van der Waals surface area contributed by atoms with E-state index in [9.17, 15) is 0 Å². The van der Waals surface area contributed by atoms with Crippen LogP contribution in [0.15, 0.2) is 29.0 Å². The predicted octanol–water partition coefficient (Wildman–Crippen LogP) is 2.37. The zero-order chi connectivity index (χ0) is 12.3. The number of rotatable bonds is 4. The van der Waals surface area contributed by atoms with Crippen LogP contribution in [0.1, 0.15) is 0 Å². The van der Waals surface area contributed by atoms with Crippen LogP contribution in [0.5, 0.6) is 0 Å². The van der Waals surface area contributed by atoms with Crippen molar-refractivity contribution in [2.24, 2.45) is 0 Å². The molecule has 5 heteroatoms. The van der Waals surface area contributed by atoms with E-state index < -0.39 is 0 Å². The number of nitrogens with zero attached hydrogens (tertiary/aromatic N) is 3. The van der Waals surface area contributed by atoms with Gasteiger partial charge in [-0.15, -0.1) is 0 Å². The maximum atomic E-state index is 4.28. The minimum Gasteiger partial charge on any atom is -0.368 e. The van der Waals surface area contributed by atoms with Gasteiger partial charge < -0.3 is 10.2 Å². The van der Waals surface area contributed by atoms with Gasteiger partial charge in [0.15, 0.2) is 0 Å². The molecule has 17 heavy (non-hydrogen) atoms. The highest BCUT2D eigenvalue weighted by molar-refractivity contribution is 9.10. The van der Waals surface area contributed by atoms with Crippen LogP contribution >= 0.6 is 15.9 Å². The van der Waals surface area contributed by atoms with E-state index in [-0.39, 0.29) is 0 Å². The van der Waals surface area contributed by atoms with E-state index in [4.69, 9.17) is 0 Å². The van der Waals surface area contributed by atoms with E-state index in [0.29, 0.717) is 0 Å². The molecule has 1 aromatic heterocycles. The molecule has 1 heterocycles. The maximum Gasteiger partial charge on any atom is 0.137 e. The van der Waals surface area contributed by atoms with Gasteiger partial charge in [-0.3, -0.25) is 0 Å². The number of likely N-dealkylation sites (N-methyl/N-ethyl adjacent to an activating group) is 1. The summed E-state index contributed by atoms with van der Waals surface area (Å²) in [4.78, 5) is 10.7. The first kappa shape index (κ1) is 12.3. The maximum absolute atomic E-state index is 4.28. The number of hydrogen-bond donors (Lipinski definition) is 1. The molecular weight excluding hydrogens is 280 g/mol. The zero-order valence-corrected chi connectivity index (χ0v) is 11.5. The lowest BCUT2D eigenvalue weighted by Gasteiger charge is -2.12. The molecule has 0 aliphatic carbocycles. The van der Waals surface area contributed by atoms with Crippen molar-refractivity contribution in [2.45, 2.75) is 0 Å². The summed E-state index contributed by atoms with van der Waals surface area (Å²) in [6, 6.07) is 6.00. The molecule has 1 aromatic carbocycles. The highest BCUT2D eigenvalue weighted by Crippen LogP contribution is 2.25. The Bertz CT molecular complexity index is 513. The van der Waals surface area contributed by atoms with Crippen LogP contribution in [0, 0.1) is 0 Å². The molecule has 0 saturated heterocycles. The predicted molar refractivity (Wildman–Crippen MR) is 74.3 cm³/mol. The first-order valence-corrected chi connectivity index (χ1v) is 6.25. The summed E-state index contributed by atoms with van der Waals surface area (Å²) < 4.78 is 0.994. The Hall–Kier alpha value is -1.20.